The monoisotopic (exact) mass is 391 g/mol. The number of aryl methyl sites for hydroxylation is 1. The van der Waals surface area contributed by atoms with Crippen molar-refractivity contribution in [1.82, 2.24) is 0 Å². The number of ketones is 1. The zero-order chi connectivity index (χ0) is 20.2. The zero-order valence-corrected chi connectivity index (χ0v) is 17.5. The molecule has 1 N–H and O–H groups in total. The van der Waals surface area contributed by atoms with E-state index in [1.165, 1.54) is 13.0 Å². The summed E-state index contributed by atoms with van der Waals surface area (Å²) in [6.07, 6.45) is 12.7. The zero-order valence-electron chi connectivity index (χ0n) is 16.7. The number of allylic oxidation sites excluding steroid dienone is 4. The van der Waals surface area contributed by atoms with Crippen LogP contribution in [0, 0.1) is 6.92 Å². The number of oxime groups is 1. The van der Waals surface area contributed by atoms with E-state index in [-0.39, 0.29) is 16.6 Å². The number of nitrogens with zero attached hydrogens (tertiary/aromatic N) is 1. The maximum absolute atomic E-state index is 12.1. The molecule has 5 heteroatoms. The summed E-state index contributed by atoms with van der Waals surface area (Å²) in [7, 11) is 0. The number of hydrogen-bond acceptors (Lipinski definition) is 4. The molecule has 0 spiro atoms. The molecular weight excluding hydrogens is 362 g/mol. The van der Waals surface area contributed by atoms with E-state index in [4.69, 9.17) is 16.4 Å². The minimum atomic E-state index is -0.0924. The lowest BCUT2D eigenvalue weighted by Gasteiger charge is -2.14. The molecule has 27 heavy (non-hydrogen) atoms. The van der Waals surface area contributed by atoms with Gasteiger partial charge in [0.25, 0.3) is 0 Å². The predicted octanol–water partition coefficient (Wildman–Crippen LogP) is 6.18. The SMILES string of the molecule is CCC/C=C/CC/C=C/C(Cc1c(Cl)c(O)cc(C)c1C(C)=O)=N/OCC. The van der Waals surface area contributed by atoms with Gasteiger partial charge in [-0.2, -0.15) is 0 Å². The summed E-state index contributed by atoms with van der Waals surface area (Å²) in [5.41, 5.74) is 2.45. The molecule has 0 heterocycles. The van der Waals surface area contributed by atoms with Gasteiger partial charge in [-0.25, -0.2) is 0 Å². The first kappa shape index (κ1) is 23.0. The Morgan fingerprint density at radius 2 is 1.89 bits per heavy atom. The Hall–Kier alpha value is -2.07. The van der Waals surface area contributed by atoms with E-state index < -0.39 is 0 Å². The summed E-state index contributed by atoms with van der Waals surface area (Å²) >= 11 is 6.29. The van der Waals surface area contributed by atoms with E-state index in [0.717, 1.165) is 25.7 Å². The highest BCUT2D eigenvalue weighted by Crippen LogP contribution is 2.33. The van der Waals surface area contributed by atoms with Gasteiger partial charge in [0.1, 0.15) is 12.4 Å². The summed E-state index contributed by atoms with van der Waals surface area (Å²) in [5.74, 6) is -0.125. The van der Waals surface area contributed by atoms with Crippen molar-refractivity contribution in [3.63, 3.8) is 0 Å². The Morgan fingerprint density at radius 3 is 2.52 bits per heavy atom. The maximum Gasteiger partial charge on any atom is 0.160 e. The van der Waals surface area contributed by atoms with E-state index in [1.807, 2.05) is 19.1 Å². The van der Waals surface area contributed by atoms with Gasteiger partial charge in [-0.05, 0) is 63.3 Å². The molecule has 0 unspecified atom stereocenters. The fraction of sp³-hybridized carbons (Fsp3) is 0.455. The Morgan fingerprint density at radius 1 is 1.22 bits per heavy atom. The second-order valence-corrected chi connectivity index (χ2v) is 6.73. The molecular formula is C22H30ClNO3. The van der Waals surface area contributed by atoms with E-state index in [9.17, 15) is 9.90 Å². The van der Waals surface area contributed by atoms with E-state index in [2.05, 4.69) is 24.2 Å². The number of halogens is 1. The minimum absolute atomic E-state index is 0.0324. The van der Waals surface area contributed by atoms with Gasteiger partial charge in [-0.3, -0.25) is 4.79 Å². The Labute approximate surface area is 167 Å². The summed E-state index contributed by atoms with van der Waals surface area (Å²) in [5, 5.41) is 14.4. The highest BCUT2D eigenvalue weighted by Gasteiger charge is 2.19. The van der Waals surface area contributed by atoms with Crippen LogP contribution in [-0.2, 0) is 11.3 Å². The molecule has 0 amide bonds. The average Bonchev–Trinajstić information content (AvgIpc) is 2.62. The van der Waals surface area contributed by atoms with Crippen molar-refractivity contribution in [3.05, 3.63) is 52.1 Å². The first-order chi connectivity index (χ1) is 12.9. The number of rotatable bonds is 11. The van der Waals surface area contributed by atoms with Gasteiger partial charge in [-0.15, -0.1) is 0 Å². The van der Waals surface area contributed by atoms with E-state index in [0.29, 0.717) is 35.4 Å². The number of Topliss-reactive ketones (excluding diaryl/α,β-unsaturated/α-hetero) is 1. The van der Waals surface area contributed by atoms with Crippen molar-refractivity contribution in [2.45, 2.75) is 59.8 Å². The second kappa shape index (κ2) is 12.3. The van der Waals surface area contributed by atoms with Gasteiger partial charge in [-0.1, -0.05) is 48.3 Å². The van der Waals surface area contributed by atoms with Gasteiger partial charge in [0.15, 0.2) is 5.78 Å². The molecule has 148 valence electrons. The molecule has 0 fully saturated rings. The van der Waals surface area contributed by atoms with Crippen LogP contribution in [0.2, 0.25) is 5.02 Å². The first-order valence-corrected chi connectivity index (χ1v) is 9.82. The van der Waals surface area contributed by atoms with E-state index >= 15 is 0 Å². The van der Waals surface area contributed by atoms with Crippen LogP contribution in [0.5, 0.6) is 5.75 Å². The topological polar surface area (TPSA) is 58.9 Å². The normalized spacial score (nSPS) is 12.3. The van der Waals surface area contributed by atoms with Crippen LogP contribution in [-0.4, -0.2) is 23.2 Å². The Balaban J connectivity index is 3.03. The molecule has 0 radical (unpaired) electrons. The number of phenolic OH excluding ortho intramolecular Hbond substituents is 1. The minimum Gasteiger partial charge on any atom is -0.506 e. The molecule has 0 saturated heterocycles. The molecule has 0 aliphatic heterocycles. The molecule has 0 bridgehead atoms. The van der Waals surface area contributed by atoms with Crippen LogP contribution in [0.4, 0.5) is 0 Å². The van der Waals surface area contributed by atoms with Gasteiger partial charge in [0.05, 0.1) is 10.7 Å². The number of carbonyl (C=O) groups is 1. The molecule has 1 aromatic carbocycles. The molecule has 1 aromatic rings. The smallest absolute Gasteiger partial charge is 0.160 e. The highest BCUT2D eigenvalue weighted by molar-refractivity contribution is 6.33. The standard InChI is InChI=1S/C22H30ClNO3/c1-5-7-8-9-10-11-12-13-18(24-27-6-2)15-19-21(17(4)25)16(3)14-20(26)22(19)23/h8-9,12-14,26H,5-7,10-11,15H2,1-4H3/b9-8+,13-12+,24-18-. The van der Waals surface area contributed by atoms with Crippen LogP contribution < -0.4 is 0 Å². The van der Waals surface area contributed by atoms with Crippen LogP contribution in [0.25, 0.3) is 0 Å². The number of phenols is 1. The van der Waals surface area contributed by atoms with Crippen molar-refractivity contribution < 1.29 is 14.7 Å². The first-order valence-electron chi connectivity index (χ1n) is 9.44. The Bertz CT molecular complexity index is 721. The molecule has 1 rings (SSSR count). The molecule has 0 atom stereocenters. The molecule has 0 aromatic heterocycles. The Kier molecular flexibility index (Phi) is 10.5. The lowest BCUT2D eigenvalue weighted by atomic mass is 9.94. The third kappa shape index (κ3) is 7.59. The number of benzene rings is 1. The van der Waals surface area contributed by atoms with Crippen LogP contribution in [0.1, 0.15) is 67.9 Å². The quantitative estimate of drug-likeness (QED) is 0.161. The lowest BCUT2D eigenvalue weighted by Crippen LogP contribution is -2.09. The lowest BCUT2D eigenvalue weighted by molar-refractivity contribution is 0.101. The van der Waals surface area contributed by atoms with Gasteiger partial charge < -0.3 is 9.94 Å². The maximum atomic E-state index is 12.1. The number of hydrogen-bond donors (Lipinski definition) is 1. The van der Waals surface area contributed by atoms with Crippen molar-refractivity contribution in [2.75, 3.05) is 6.61 Å². The largest absolute Gasteiger partial charge is 0.506 e. The molecule has 0 aliphatic rings. The third-order valence-electron chi connectivity index (χ3n) is 3.99. The van der Waals surface area contributed by atoms with Crippen LogP contribution in [0.15, 0.2) is 35.5 Å². The fourth-order valence-corrected chi connectivity index (χ4v) is 2.98. The highest BCUT2D eigenvalue weighted by atomic mass is 35.5. The van der Waals surface area contributed by atoms with Crippen LogP contribution >= 0.6 is 11.6 Å². The van der Waals surface area contributed by atoms with Crippen molar-refractivity contribution in [1.29, 1.82) is 0 Å². The van der Waals surface area contributed by atoms with Crippen molar-refractivity contribution in [3.8, 4) is 5.75 Å². The third-order valence-corrected chi connectivity index (χ3v) is 4.41. The van der Waals surface area contributed by atoms with Gasteiger partial charge in [0.2, 0.25) is 0 Å². The summed E-state index contributed by atoms with van der Waals surface area (Å²) in [6.45, 7) is 7.74. The second-order valence-electron chi connectivity index (χ2n) is 6.35. The number of unbranched alkanes of at least 4 members (excludes halogenated alkanes) is 2. The van der Waals surface area contributed by atoms with Crippen LogP contribution in [0.3, 0.4) is 0 Å². The molecule has 0 saturated carbocycles. The van der Waals surface area contributed by atoms with Gasteiger partial charge >= 0.3 is 0 Å². The number of aromatic hydroxyl groups is 1. The molecule has 0 aliphatic carbocycles. The van der Waals surface area contributed by atoms with E-state index in [1.54, 1.807) is 6.92 Å². The summed E-state index contributed by atoms with van der Waals surface area (Å²) < 4.78 is 0. The fourth-order valence-electron chi connectivity index (χ4n) is 2.76. The van der Waals surface area contributed by atoms with Crippen molar-refractivity contribution in [2.24, 2.45) is 5.16 Å². The van der Waals surface area contributed by atoms with Gasteiger partial charge in [0, 0.05) is 12.0 Å². The van der Waals surface area contributed by atoms with Crippen molar-refractivity contribution >= 4 is 23.1 Å². The number of carbonyl (C=O) groups excluding carboxylic acids is 1. The average molecular weight is 392 g/mol. The molecule has 4 nitrogen and oxygen atoms in total. The predicted molar refractivity (Wildman–Crippen MR) is 113 cm³/mol. The summed E-state index contributed by atoms with van der Waals surface area (Å²) in [6, 6.07) is 1.51. The summed E-state index contributed by atoms with van der Waals surface area (Å²) in [4.78, 5) is 17.3.